The van der Waals surface area contributed by atoms with Gasteiger partial charge < -0.3 is 10.2 Å². The Balaban J connectivity index is 0.000000960. The Bertz CT molecular complexity index is 556. The van der Waals surface area contributed by atoms with Crippen molar-refractivity contribution in [3.05, 3.63) is 18.0 Å². The number of amides is 1. The molecule has 2 saturated heterocycles. The number of rotatable bonds is 2. The number of carbonyl (C=O) groups excluding carboxylic acids is 1. The summed E-state index contributed by atoms with van der Waals surface area (Å²) >= 11 is 0. The summed E-state index contributed by atoms with van der Waals surface area (Å²) in [7, 11) is 1.94. The minimum atomic E-state index is 0. The second-order valence-electron chi connectivity index (χ2n) is 7.01. The number of likely N-dealkylation sites (tertiary alicyclic amines) is 1. The van der Waals surface area contributed by atoms with Crippen molar-refractivity contribution in [2.75, 3.05) is 19.6 Å². The van der Waals surface area contributed by atoms with Crippen molar-refractivity contribution in [2.24, 2.45) is 18.4 Å². The number of nitrogens with one attached hydrogen (secondary N) is 1. The fourth-order valence-corrected chi connectivity index (χ4v) is 4.36. The molecular weight excluding hydrogens is 335 g/mol. The lowest BCUT2D eigenvalue weighted by Crippen LogP contribution is -2.36. The third kappa shape index (κ3) is 3.24. The number of aryl methyl sites for hydroxylation is 1. The maximum absolute atomic E-state index is 12.9. The maximum atomic E-state index is 12.9. The van der Waals surface area contributed by atoms with Crippen LogP contribution in [-0.4, -0.2) is 40.2 Å². The van der Waals surface area contributed by atoms with Gasteiger partial charge in [-0.15, -0.1) is 24.8 Å². The van der Waals surface area contributed by atoms with Gasteiger partial charge in [-0.05, 0) is 50.6 Å². The van der Waals surface area contributed by atoms with Crippen molar-refractivity contribution >= 4 is 30.7 Å². The second kappa shape index (κ2) is 6.99. The highest BCUT2D eigenvalue weighted by molar-refractivity contribution is 5.85. The van der Waals surface area contributed by atoms with Crippen LogP contribution in [0.15, 0.2) is 12.4 Å². The van der Waals surface area contributed by atoms with E-state index in [4.69, 9.17) is 0 Å². The van der Waals surface area contributed by atoms with Gasteiger partial charge in [0.05, 0.1) is 12.2 Å². The SMILES string of the molecule is Cl.Cl.Cn1cc(C2CCCN2C(=O)C2CC23CCNCC3)cn1. The van der Waals surface area contributed by atoms with Crippen LogP contribution in [0.3, 0.4) is 0 Å². The Hall–Kier alpha value is -0.780. The number of hydrogen-bond donors (Lipinski definition) is 1. The summed E-state index contributed by atoms with van der Waals surface area (Å²) in [5.41, 5.74) is 1.54. The predicted molar refractivity (Wildman–Crippen MR) is 94.0 cm³/mol. The highest BCUT2D eigenvalue weighted by atomic mass is 35.5. The number of nitrogens with zero attached hydrogens (tertiary/aromatic N) is 3. The number of hydrogen-bond acceptors (Lipinski definition) is 3. The summed E-state index contributed by atoms with van der Waals surface area (Å²) in [6.07, 6.45) is 9.64. The zero-order valence-corrected chi connectivity index (χ0v) is 15.2. The standard InChI is InChI=1S/C16H24N4O.2ClH/c1-19-11-12(10-18-19)14-3-2-8-20(14)15(21)13-9-16(13)4-6-17-7-5-16;;/h10-11,13-14,17H,2-9H2,1H3;2*1H. The largest absolute Gasteiger partial charge is 0.335 e. The zero-order valence-electron chi connectivity index (χ0n) is 13.5. The second-order valence-corrected chi connectivity index (χ2v) is 7.01. The minimum absolute atomic E-state index is 0. The molecule has 130 valence electrons. The van der Waals surface area contributed by atoms with Gasteiger partial charge in [0.25, 0.3) is 0 Å². The summed E-state index contributed by atoms with van der Waals surface area (Å²) in [4.78, 5) is 15.1. The first-order chi connectivity index (χ1) is 10.2. The number of aromatic nitrogens is 2. The topological polar surface area (TPSA) is 50.2 Å². The van der Waals surface area contributed by atoms with E-state index in [1.54, 1.807) is 0 Å². The molecule has 0 radical (unpaired) electrons. The van der Waals surface area contributed by atoms with Gasteiger partial charge in [-0.25, -0.2) is 0 Å². The number of carbonyl (C=O) groups is 1. The fraction of sp³-hybridized carbons (Fsp3) is 0.750. The first-order valence-corrected chi connectivity index (χ1v) is 8.19. The molecular formula is C16H26Cl2N4O. The lowest BCUT2D eigenvalue weighted by molar-refractivity contribution is -0.134. The van der Waals surface area contributed by atoms with Crippen LogP contribution in [-0.2, 0) is 11.8 Å². The lowest BCUT2D eigenvalue weighted by Gasteiger charge is -2.27. The molecule has 4 rings (SSSR count). The average Bonchev–Trinajstić information content (AvgIpc) is 2.87. The zero-order chi connectivity index (χ0) is 14.4. The van der Waals surface area contributed by atoms with Gasteiger partial charge >= 0.3 is 0 Å². The Morgan fingerprint density at radius 1 is 1.35 bits per heavy atom. The van der Waals surface area contributed by atoms with Crippen molar-refractivity contribution in [1.29, 1.82) is 0 Å². The quantitative estimate of drug-likeness (QED) is 0.880. The van der Waals surface area contributed by atoms with E-state index < -0.39 is 0 Å². The van der Waals surface area contributed by atoms with Crippen molar-refractivity contribution in [3.63, 3.8) is 0 Å². The molecule has 3 aliphatic rings. The van der Waals surface area contributed by atoms with E-state index >= 15 is 0 Å². The monoisotopic (exact) mass is 360 g/mol. The van der Waals surface area contributed by atoms with Crippen LogP contribution < -0.4 is 5.32 Å². The van der Waals surface area contributed by atoms with Gasteiger partial charge in [0.15, 0.2) is 0 Å². The van der Waals surface area contributed by atoms with Gasteiger partial charge in [-0.2, -0.15) is 5.10 Å². The van der Waals surface area contributed by atoms with Crippen molar-refractivity contribution in [2.45, 2.75) is 38.1 Å². The molecule has 5 nitrogen and oxygen atoms in total. The molecule has 23 heavy (non-hydrogen) atoms. The normalized spacial score (nSPS) is 28.1. The molecule has 2 atom stereocenters. The highest BCUT2D eigenvalue weighted by Gasteiger charge is 2.59. The molecule has 1 N–H and O–H groups in total. The molecule has 0 aromatic carbocycles. The highest BCUT2D eigenvalue weighted by Crippen LogP contribution is 2.59. The van der Waals surface area contributed by atoms with Gasteiger partial charge in [0.2, 0.25) is 5.91 Å². The van der Waals surface area contributed by atoms with Gasteiger partial charge in [-0.1, -0.05) is 0 Å². The average molecular weight is 361 g/mol. The van der Waals surface area contributed by atoms with Gasteiger partial charge in [0.1, 0.15) is 0 Å². The lowest BCUT2D eigenvalue weighted by atomic mass is 9.91. The molecule has 1 aromatic heterocycles. The summed E-state index contributed by atoms with van der Waals surface area (Å²) in [6, 6.07) is 0.255. The van der Waals surface area contributed by atoms with E-state index in [0.717, 1.165) is 38.9 Å². The van der Waals surface area contributed by atoms with Gasteiger partial charge in [-0.3, -0.25) is 9.48 Å². The molecule has 1 spiro atoms. The minimum Gasteiger partial charge on any atom is -0.335 e. The van der Waals surface area contributed by atoms with E-state index in [9.17, 15) is 4.79 Å². The molecule has 7 heteroatoms. The third-order valence-electron chi connectivity index (χ3n) is 5.73. The molecule has 0 bridgehead atoms. The van der Waals surface area contributed by atoms with E-state index in [1.165, 1.54) is 18.4 Å². The Morgan fingerprint density at radius 3 is 2.74 bits per heavy atom. The Labute approximate surface area is 150 Å². The molecule has 1 aliphatic carbocycles. The fourth-order valence-electron chi connectivity index (χ4n) is 4.36. The Morgan fingerprint density at radius 2 is 2.09 bits per heavy atom. The molecule has 2 unspecified atom stereocenters. The van der Waals surface area contributed by atoms with Crippen LogP contribution in [0.25, 0.3) is 0 Å². The van der Waals surface area contributed by atoms with E-state index in [0.29, 0.717) is 11.3 Å². The van der Waals surface area contributed by atoms with Crippen LogP contribution in [0.5, 0.6) is 0 Å². The summed E-state index contributed by atoms with van der Waals surface area (Å²) in [6.45, 7) is 3.08. The van der Waals surface area contributed by atoms with E-state index in [1.807, 2.05) is 17.9 Å². The number of halogens is 2. The summed E-state index contributed by atoms with van der Waals surface area (Å²) < 4.78 is 1.84. The summed E-state index contributed by atoms with van der Waals surface area (Å²) in [5.74, 6) is 0.695. The van der Waals surface area contributed by atoms with Crippen LogP contribution in [0.4, 0.5) is 0 Å². The first-order valence-electron chi connectivity index (χ1n) is 8.19. The van der Waals surface area contributed by atoms with E-state index in [-0.39, 0.29) is 36.8 Å². The molecule has 1 amide bonds. The smallest absolute Gasteiger partial charge is 0.226 e. The van der Waals surface area contributed by atoms with Crippen molar-refractivity contribution in [1.82, 2.24) is 20.0 Å². The van der Waals surface area contributed by atoms with Crippen molar-refractivity contribution in [3.8, 4) is 0 Å². The molecule has 2 aliphatic heterocycles. The van der Waals surface area contributed by atoms with Crippen LogP contribution in [0.1, 0.15) is 43.7 Å². The summed E-state index contributed by atoms with van der Waals surface area (Å²) in [5, 5.41) is 7.68. The van der Waals surface area contributed by atoms with Crippen LogP contribution >= 0.6 is 24.8 Å². The number of piperidine rings is 1. The Kier molecular flexibility index (Phi) is 5.64. The van der Waals surface area contributed by atoms with Crippen LogP contribution in [0, 0.1) is 11.3 Å². The molecule has 3 heterocycles. The van der Waals surface area contributed by atoms with Crippen LogP contribution in [0.2, 0.25) is 0 Å². The molecule has 3 fully saturated rings. The van der Waals surface area contributed by atoms with E-state index in [2.05, 4.69) is 21.5 Å². The van der Waals surface area contributed by atoms with Gasteiger partial charge in [0, 0.05) is 31.3 Å². The first kappa shape index (κ1) is 18.6. The maximum Gasteiger partial charge on any atom is 0.226 e. The third-order valence-corrected chi connectivity index (χ3v) is 5.73. The molecule has 1 aromatic rings. The predicted octanol–water partition coefficient (Wildman–Crippen LogP) is 2.32. The van der Waals surface area contributed by atoms with Crippen molar-refractivity contribution < 1.29 is 4.79 Å². The molecule has 1 saturated carbocycles.